The Hall–Kier alpha value is -1.26. The molecule has 0 atom stereocenters. The van der Waals surface area contributed by atoms with E-state index in [-0.39, 0.29) is 0 Å². The lowest BCUT2D eigenvalue weighted by molar-refractivity contribution is -0.671. The maximum absolute atomic E-state index is 6.19. The highest BCUT2D eigenvalue weighted by atomic mass is 79.9. The molecule has 0 aliphatic heterocycles. The molecule has 2 N–H and O–H groups in total. The first-order chi connectivity index (χ1) is 11.6. The van der Waals surface area contributed by atoms with Crippen LogP contribution in [0.15, 0.2) is 63.5 Å². The molecule has 3 aromatic rings. The average Bonchev–Trinajstić information content (AvgIpc) is 3.03. The van der Waals surface area contributed by atoms with E-state index in [0.29, 0.717) is 5.02 Å². The summed E-state index contributed by atoms with van der Waals surface area (Å²) in [6, 6.07) is 17.8. The van der Waals surface area contributed by atoms with Gasteiger partial charge in [-0.3, -0.25) is 0 Å². The molecule has 1 aromatic heterocycles. The SMILES string of the molecule is Clc1ccc(CC[NH2+]Cc2ccc(-c3ccc(Br)cc3)o2)c(Cl)c1. The molecule has 124 valence electrons. The molecular formula is C19H17BrCl2NO+. The van der Waals surface area contributed by atoms with Gasteiger partial charge in [0, 0.05) is 26.5 Å². The van der Waals surface area contributed by atoms with Crippen molar-refractivity contribution in [3.8, 4) is 11.3 Å². The molecule has 0 radical (unpaired) electrons. The van der Waals surface area contributed by atoms with Crippen molar-refractivity contribution < 1.29 is 9.73 Å². The lowest BCUT2D eigenvalue weighted by atomic mass is 10.1. The fraction of sp³-hybridized carbons (Fsp3) is 0.158. The minimum Gasteiger partial charge on any atom is -0.455 e. The zero-order valence-corrected chi connectivity index (χ0v) is 16.0. The fourth-order valence-electron chi connectivity index (χ4n) is 2.48. The molecule has 0 fully saturated rings. The highest BCUT2D eigenvalue weighted by Crippen LogP contribution is 2.24. The van der Waals surface area contributed by atoms with Crippen LogP contribution >= 0.6 is 39.1 Å². The third-order valence-electron chi connectivity index (χ3n) is 3.77. The molecule has 1 heterocycles. The van der Waals surface area contributed by atoms with Crippen LogP contribution in [0.4, 0.5) is 0 Å². The summed E-state index contributed by atoms with van der Waals surface area (Å²) in [6.45, 7) is 1.75. The van der Waals surface area contributed by atoms with Crippen LogP contribution in [0.3, 0.4) is 0 Å². The normalized spacial score (nSPS) is 11.0. The molecule has 0 bridgehead atoms. The quantitative estimate of drug-likeness (QED) is 0.532. The van der Waals surface area contributed by atoms with Crippen LogP contribution in [0.1, 0.15) is 11.3 Å². The van der Waals surface area contributed by atoms with E-state index in [1.54, 1.807) is 6.07 Å². The van der Waals surface area contributed by atoms with Crippen molar-refractivity contribution in [2.75, 3.05) is 6.54 Å². The summed E-state index contributed by atoms with van der Waals surface area (Å²) in [5.74, 6) is 1.86. The zero-order valence-electron chi connectivity index (χ0n) is 12.9. The van der Waals surface area contributed by atoms with E-state index in [1.165, 1.54) is 0 Å². The van der Waals surface area contributed by atoms with Gasteiger partial charge in [0.1, 0.15) is 12.3 Å². The monoisotopic (exact) mass is 424 g/mol. The lowest BCUT2D eigenvalue weighted by Gasteiger charge is -2.04. The van der Waals surface area contributed by atoms with Gasteiger partial charge in [-0.05, 0) is 42.0 Å². The van der Waals surface area contributed by atoms with E-state index < -0.39 is 0 Å². The Morgan fingerprint density at radius 2 is 1.75 bits per heavy atom. The van der Waals surface area contributed by atoms with Crippen LogP contribution in [-0.2, 0) is 13.0 Å². The molecule has 0 amide bonds. The Morgan fingerprint density at radius 3 is 2.50 bits per heavy atom. The van der Waals surface area contributed by atoms with E-state index in [4.69, 9.17) is 27.6 Å². The maximum Gasteiger partial charge on any atom is 0.158 e. The van der Waals surface area contributed by atoms with Gasteiger partial charge in [0.25, 0.3) is 0 Å². The number of rotatable bonds is 6. The van der Waals surface area contributed by atoms with Gasteiger partial charge in [0.2, 0.25) is 0 Å². The second kappa shape index (κ2) is 8.21. The molecule has 5 heteroatoms. The third kappa shape index (κ3) is 4.64. The van der Waals surface area contributed by atoms with Crippen molar-refractivity contribution >= 4 is 39.1 Å². The van der Waals surface area contributed by atoms with Crippen LogP contribution in [0.25, 0.3) is 11.3 Å². The summed E-state index contributed by atoms with van der Waals surface area (Å²) in [5.41, 5.74) is 2.20. The van der Waals surface area contributed by atoms with Gasteiger partial charge in [-0.2, -0.15) is 0 Å². The van der Waals surface area contributed by atoms with Crippen LogP contribution < -0.4 is 5.32 Å². The van der Waals surface area contributed by atoms with E-state index >= 15 is 0 Å². The molecule has 0 aliphatic rings. The van der Waals surface area contributed by atoms with Crippen molar-refractivity contribution in [1.82, 2.24) is 0 Å². The number of hydrogen-bond donors (Lipinski definition) is 1. The predicted molar refractivity (Wildman–Crippen MR) is 103 cm³/mol. The summed E-state index contributed by atoms with van der Waals surface area (Å²) in [5, 5.41) is 3.62. The van der Waals surface area contributed by atoms with E-state index in [9.17, 15) is 0 Å². The van der Waals surface area contributed by atoms with Gasteiger partial charge in [-0.15, -0.1) is 0 Å². The molecule has 0 unspecified atom stereocenters. The molecule has 0 saturated heterocycles. The Morgan fingerprint density at radius 1 is 0.958 bits per heavy atom. The minimum absolute atomic E-state index is 0.670. The van der Waals surface area contributed by atoms with Crippen molar-refractivity contribution in [3.63, 3.8) is 0 Å². The summed E-state index contributed by atoms with van der Waals surface area (Å²) in [4.78, 5) is 0. The third-order valence-corrected chi connectivity index (χ3v) is 4.88. The van der Waals surface area contributed by atoms with Crippen molar-refractivity contribution in [3.05, 3.63) is 80.4 Å². The van der Waals surface area contributed by atoms with Gasteiger partial charge in [0.05, 0.1) is 6.54 Å². The summed E-state index contributed by atoms with van der Waals surface area (Å²) < 4.78 is 6.97. The van der Waals surface area contributed by atoms with Crippen LogP contribution in [-0.4, -0.2) is 6.54 Å². The largest absolute Gasteiger partial charge is 0.455 e. The van der Waals surface area contributed by atoms with Crippen molar-refractivity contribution in [2.24, 2.45) is 0 Å². The summed E-state index contributed by atoms with van der Waals surface area (Å²) in [7, 11) is 0. The smallest absolute Gasteiger partial charge is 0.158 e. The first-order valence-electron chi connectivity index (χ1n) is 7.72. The van der Waals surface area contributed by atoms with Crippen LogP contribution in [0, 0.1) is 0 Å². The Balaban J connectivity index is 1.51. The van der Waals surface area contributed by atoms with Gasteiger partial charge in [-0.1, -0.05) is 57.3 Å². The second-order valence-corrected chi connectivity index (χ2v) is 7.30. The fourth-order valence-corrected chi connectivity index (χ4v) is 3.25. The minimum atomic E-state index is 0.670. The molecule has 0 saturated carbocycles. The van der Waals surface area contributed by atoms with Crippen LogP contribution in [0.2, 0.25) is 10.0 Å². The number of furan rings is 1. The molecular weight excluding hydrogens is 409 g/mol. The maximum atomic E-state index is 6.19. The van der Waals surface area contributed by atoms with Gasteiger partial charge in [0.15, 0.2) is 5.76 Å². The number of hydrogen-bond acceptors (Lipinski definition) is 1. The molecule has 3 rings (SSSR count). The lowest BCUT2D eigenvalue weighted by Crippen LogP contribution is -2.83. The van der Waals surface area contributed by atoms with Crippen LogP contribution in [0.5, 0.6) is 0 Å². The second-order valence-electron chi connectivity index (χ2n) is 5.54. The predicted octanol–water partition coefficient (Wildman–Crippen LogP) is 5.32. The average molecular weight is 426 g/mol. The van der Waals surface area contributed by atoms with Crippen molar-refractivity contribution in [1.29, 1.82) is 0 Å². The Labute approximate surface area is 159 Å². The Kier molecular flexibility index (Phi) is 6.01. The Bertz CT molecular complexity index is 814. The summed E-state index contributed by atoms with van der Waals surface area (Å²) >= 11 is 15.5. The van der Waals surface area contributed by atoms with E-state index in [2.05, 4.69) is 21.2 Å². The standard InChI is InChI=1S/C19H16BrCl2NO/c20-15-4-1-14(2-5-15)19-8-7-17(24-19)12-23-10-9-13-3-6-16(21)11-18(13)22/h1-8,11,23H,9-10,12H2/p+1. The molecule has 0 aliphatic carbocycles. The molecule has 0 spiro atoms. The summed E-state index contributed by atoms with van der Waals surface area (Å²) in [6.07, 6.45) is 0.899. The highest BCUT2D eigenvalue weighted by molar-refractivity contribution is 9.10. The van der Waals surface area contributed by atoms with Gasteiger partial charge < -0.3 is 9.73 Å². The zero-order chi connectivity index (χ0) is 16.9. The topological polar surface area (TPSA) is 29.8 Å². The number of quaternary nitrogens is 1. The number of nitrogens with two attached hydrogens (primary N) is 1. The van der Waals surface area contributed by atoms with E-state index in [0.717, 1.165) is 51.7 Å². The first-order valence-corrected chi connectivity index (χ1v) is 9.27. The van der Waals surface area contributed by atoms with Gasteiger partial charge in [-0.25, -0.2) is 0 Å². The number of halogens is 3. The molecule has 2 aromatic carbocycles. The number of benzene rings is 2. The van der Waals surface area contributed by atoms with Crippen molar-refractivity contribution in [2.45, 2.75) is 13.0 Å². The molecule has 24 heavy (non-hydrogen) atoms. The first kappa shape index (κ1) is 17.6. The highest BCUT2D eigenvalue weighted by Gasteiger charge is 2.07. The van der Waals surface area contributed by atoms with Gasteiger partial charge >= 0.3 is 0 Å². The molecule has 2 nitrogen and oxygen atoms in total. The van der Waals surface area contributed by atoms with E-state index in [1.807, 2.05) is 48.5 Å².